The molecular weight excluding hydrogens is 466 g/mol. The predicted molar refractivity (Wildman–Crippen MR) is 131 cm³/mol. The Morgan fingerprint density at radius 2 is 1.54 bits per heavy atom. The first-order chi connectivity index (χ1) is 16.9. The zero-order chi connectivity index (χ0) is 24.4. The van der Waals surface area contributed by atoms with Gasteiger partial charge in [-0.2, -0.15) is 9.37 Å². The molecule has 2 aliphatic rings. The number of hydrogen-bond donors (Lipinski definition) is 0. The predicted octanol–water partition coefficient (Wildman–Crippen LogP) is 4.18. The molecule has 0 aromatic heterocycles. The lowest BCUT2D eigenvalue weighted by Gasteiger charge is -2.38. The quantitative estimate of drug-likeness (QED) is 0.362. The topological polar surface area (TPSA) is 93.0 Å². The minimum atomic E-state index is -4.14. The van der Waals surface area contributed by atoms with Gasteiger partial charge in [0.1, 0.15) is 0 Å². The fraction of sp³-hybridized carbons (Fsp3) is 0.308. The maximum atomic E-state index is 14.0. The second-order valence-electron chi connectivity index (χ2n) is 8.98. The van der Waals surface area contributed by atoms with Crippen LogP contribution in [0.25, 0.3) is 0 Å². The van der Waals surface area contributed by atoms with Crippen LogP contribution < -0.4 is 0 Å². The molecule has 2 heterocycles. The second kappa shape index (κ2) is 9.87. The van der Waals surface area contributed by atoms with E-state index in [9.17, 15) is 18.5 Å². The fourth-order valence-electron chi connectivity index (χ4n) is 5.11. The van der Waals surface area contributed by atoms with E-state index in [4.69, 9.17) is 4.84 Å². The molecule has 0 amide bonds. The number of para-hydroxylation sites is 1. The molecule has 3 aromatic rings. The second-order valence-corrected chi connectivity index (χ2v) is 10.8. The Labute approximate surface area is 204 Å². The van der Waals surface area contributed by atoms with E-state index in [2.05, 4.69) is 0 Å². The van der Waals surface area contributed by atoms with Gasteiger partial charge in [0, 0.05) is 25.2 Å². The van der Waals surface area contributed by atoms with Crippen LogP contribution >= 0.6 is 0 Å². The number of hydroxylamine groups is 2. The van der Waals surface area contributed by atoms with E-state index in [0.29, 0.717) is 25.8 Å². The zero-order valence-electron chi connectivity index (χ0n) is 19.1. The number of sulfonamides is 1. The van der Waals surface area contributed by atoms with Crippen molar-refractivity contribution in [3.05, 3.63) is 106 Å². The largest absolute Gasteiger partial charge is 0.295 e. The van der Waals surface area contributed by atoms with Crippen LogP contribution in [0.15, 0.2) is 89.8 Å². The highest BCUT2D eigenvalue weighted by Crippen LogP contribution is 2.38. The van der Waals surface area contributed by atoms with Crippen molar-refractivity contribution in [3.63, 3.8) is 0 Å². The summed E-state index contributed by atoms with van der Waals surface area (Å²) in [6.45, 7) is 0.777. The third-order valence-electron chi connectivity index (χ3n) is 6.76. The normalized spacial score (nSPS) is 23.1. The molecular formula is C26H27N3O5S. The average molecular weight is 494 g/mol. The van der Waals surface area contributed by atoms with Gasteiger partial charge >= 0.3 is 0 Å². The third kappa shape index (κ3) is 4.85. The molecule has 0 aliphatic carbocycles. The van der Waals surface area contributed by atoms with Gasteiger partial charge < -0.3 is 0 Å². The number of fused-ring (bicyclic) bond motifs is 2. The molecule has 0 spiro atoms. The maximum absolute atomic E-state index is 14.0. The SMILES string of the molecule is O=[N+]([O-])c1ccccc1S(=O)(=O)N1CCC2CC(C1Cc1ccccc1)N(Cc1ccccc1)O2. The molecule has 182 valence electrons. The highest BCUT2D eigenvalue weighted by molar-refractivity contribution is 7.89. The number of rotatable bonds is 7. The molecule has 3 aromatic carbocycles. The van der Waals surface area contributed by atoms with E-state index in [1.807, 2.05) is 65.7 Å². The molecule has 8 nitrogen and oxygen atoms in total. The number of nitro groups is 1. The van der Waals surface area contributed by atoms with Gasteiger partial charge in [0.05, 0.1) is 17.1 Å². The van der Waals surface area contributed by atoms with Gasteiger partial charge in [-0.05, 0) is 36.5 Å². The molecule has 2 bridgehead atoms. The van der Waals surface area contributed by atoms with Crippen LogP contribution in [0.1, 0.15) is 24.0 Å². The van der Waals surface area contributed by atoms with Crippen molar-refractivity contribution in [2.45, 2.75) is 48.9 Å². The first-order valence-corrected chi connectivity index (χ1v) is 13.1. The number of nitrogens with zero attached hydrogens (tertiary/aromatic N) is 3. The molecule has 0 saturated carbocycles. The van der Waals surface area contributed by atoms with E-state index in [1.54, 1.807) is 0 Å². The molecule has 0 N–H and O–H groups in total. The van der Waals surface area contributed by atoms with E-state index in [-0.39, 0.29) is 23.6 Å². The third-order valence-corrected chi connectivity index (χ3v) is 8.73. The summed E-state index contributed by atoms with van der Waals surface area (Å²) in [5.41, 5.74) is 1.67. The van der Waals surface area contributed by atoms with Crippen molar-refractivity contribution in [1.82, 2.24) is 9.37 Å². The number of nitro benzene ring substituents is 1. The summed E-state index contributed by atoms with van der Waals surface area (Å²) < 4.78 is 29.4. The summed E-state index contributed by atoms with van der Waals surface area (Å²) in [6.07, 6.45) is 1.60. The number of hydrogen-bond acceptors (Lipinski definition) is 6. The summed E-state index contributed by atoms with van der Waals surface area (Å²) >= 11 is 0. The zero-order valence-corrected chi connectivity index (χ0v) is 20.0. The van der Waals surface area contributed by atoms with Gasteiger partial charge in [-0.25, -0.2) is 8.42 Å². The van der Waals surface area contributed by atoms with E-state index < -0.39 is 26.7 Å². The number of benzene rings is 3. The molecule has 2 fully saturated rings. The van der Waals surface area contributed by atoms with Gasteiger partial charge in [-0.15, -0.1) is 0 Å². The van der Waals surface area contributed by atoms with Gasteiger partial charge in [-0.3, -0.25) is 15.0 Å². The summed E-state index contributed by atoms with van der Waals surface area (Å²) in [5.74, 6) is 0. The van der Waals surface area contributed by atoms with Crippen LogP contribution in [0.2, 0.25) is 0 Å². The lowest BCUT2D eigenvalue weighted by atomic mass is 9.96. The van der Waals surface area contributed by atoms with Crippen LogP contribution in [0.3, 0.4) is 0 Å². The summed E-state index contributed by atoms with van der Waals surface area (Å²) in [5, 5.41) is 13.6. The van der Waals surface area contributed by atoms with Crippen molar-refractivity contribution in [3.8, 4) is 0 Å². The van der Waals surface area contributed by atoms with Crippen LogP contribution in [0, 0.1) is 10.1 Å². The smallest absolute Gasteiger partial charge is 0.289 e. The summed E-state index contributed by atoms with van der Waals surface area (Å²) in [4.78, 5) is 17.0. The van der Waals surface area contributed by atoms with Gasteiger partial charge in [0.25, 0.3) is 5.69 Å². The molecule has 3 atom stereocenters. The minimum Gasteiger partial charge on any atom is -0.295 e. The van der Waals surface area contributed by atoms with E-state index >= 15 is 0 Å². The lowest BCUT2D eigenvalue weighted by molar-refractivity contribution is -0.387. The highest BCUT2D eigenvalue weighted by Gasteiger charge is 2.48. The van der Waals surface area contributed by atoms with E-state index in [0.717, 1.165) is 11.1 Å². The Morgan fingerprint density at radius 3 is 2.23 bits per heavy atom. The van der Waals surface area contributed by atoms with E-state index in [1.165, 1.54) is 28.6 Å². The molecule has 35 heavy (non-hydrogen) atoms. The van der Waals surface area contributed by atoms with Crippen LogP contribution in [-0.4, -0.2) is 47.4 Å². The first-order valence-electron chi connectivity index (χ1n) is 11.7. The summed E-state index contributed by atoms with van der Waals surface area (Å²) in [6, 6.07) is 24.6. The highest BCUT2D eigenvalue weighted by atomic mass is 32.2. The molecule has 0 radical (unpaired) electrons. The Balaban J connectivity index is 1.55. The molecule has 3 unspecified atom stereocenters. The standard InChI is InChI=1S/C26H27N3O5S/c30-29(31)23-13-7-8-14-26(23)35(32,33)28-16-15-22-18-24(25(28)17-20-9-3-1-4-10-20)27(34-22)19-21-11-5-2-6-12-21/h1-14,22,24-25H,15-19H2. The monoisotopic (exact) mass is 493 g/mol. The van der Waals surface area contributed by atoms with Crippen LogP contribution in [0.4, 0.5) is 5.69 Å². The minimum absolute atomic E-state index is 0.104. The van der Waals surface area contributed by atoms with Gasteiger partial charge in [0.2, 0.25) is 10.0 Å². The van der Waals surface area contributed by atoms with Crippen molar-refractivity contribution < 1.29 is 18.2 Å². The van der Waals surface area contributed by atoms with Gasteiger partial charge in [-0.1, -0.05) is 72.8 Å². The van der Waals surface area contributed by atoms with Crippen molar-refractivity contribution in [2.75, 3.05) is 6.54 Å². The summed E-state index contributed by atoms with van der Waals surface area (Å²) in [7, 11) is -4.14. The fourth-order valence-corrected chi connectivity index (χ4v) is 6.94. The maximum Gasteiger partial charge on any atom is 0.289 e. The average Bonchev–Trinajstić information content (AvgIpc) is 3.16. The van der Waals surface area contributed by atoms with Crippen molar-refractivity contribution in [2.24, 2.45) is 0 Å². The lowest BCUT2D eigenvalue weighted by Crippen LogP contribution is -2.52. The van der Waals surface area contributed by atoms with Gasteiger partial charge in [0.15, 0.2) is 4.90 Å². The Kier molecular flexibility index (Phi) is 6.66. The van der Waals surface area contributed by atoms with Crippen LogP contribution in [-0.2, 0) is 27.8 Å². The van der Waals surface area contributed by atoms with Crippen LogP contribution in [0.5, 0.6) is 0 Å². The van der Waals surface area contributed by atoms with Crippen molar-refractivity contribution in [1.29, 1.82) is 0 Å². The Morgan fingerprint density at radius 1 is 0.914 bits per heavy atom. The first kappa shape index (κ1) is 23.6. The van der Waals surface area contributed by atoms with Crippen molar-refractivity contribution >= 4 is 15.7 Å². The molecule has 2 aliphatic heterocycles. The molecule has 5 rings (SSSR count). The molecule has 2 saturated heterocycles. The molecule has 9 heteroatoms. The Hall–Kier alpha value is -3.11. The Bertz CT molecular complexity index is 1290.